The average molecular weight is 261 g/mol. The van der Waals surface area contributed by atoms with Crippen molar-refractivity contribution in [2.45, 2.75) is 39.2 Å². The Bertz CT molecular complexity index is 525. The first kappa shape index (κ1) is 12.5. The Morgan fingerprint density at radius 3 is 2.84 bits per heavy atom. The summed E-state index contributed by atoms with van der Waals surface area (Å²) < 4.78 is 0. The molecule has 3 rings (SSSR count). The zero-order valence-corrected chi connectivity index (χ0v) is 11.4. The SMILES string of the molecule is CCc1cc(C(=O)N2CC(O)C3(CC3)C2)c(C)nn1. The van der Waals surface area contributed by atoms with Crippen LogP contribution in [0.1, 0.15) is 41.5 Å². The fourth-order valence-corrected chi connectivity index (χ4v) is 2.81. The summed E-state index contributed by atoms with van der Waals surface area (Å²) >= 11 is 0. The van der Waals surface area contributed by atoms with Gasteiger partial charge in [0, 0.05) is 18.5 Å². The molecule has 1 saturated carbocycles. The molecule has 2 aliphatic rings. The monoisotopic (exact) mass is 261 g/mol. The third kappa shape index (κ3) is 2.02. The Balaban J connectivity index is 1.84. The van der Waals surface area contributed by atoms with Crippen molar-refractivity contribution in [2.24, 2.45) is 5.41 Å². The van der Waals surface area contributed by atoms with E-state index in [-0.39, 0.29) is 17.4 Å². The predicted octanol–water partition coefficient (Wildman–Crippen LogP) is 0.944. The molecule has 19 heavy (non-hydrogen) atoms. The predicted molar refractivity (Wildman–Crippen MR) is 69.7 cm³/mol. The minimum Gasteiger partial charge on any atom is -0.391 e. The number of β-amino-alcohol motifs (C(OH)–C–C–N with tert-alkyl or cyclic N) is 1. The molecule has 102 valence electrons. The number of carbonyl (C=O) groups excluding carboxylic acids is 1. The second kappa shape index (κ2) is 4.27. The fraction of sp³-hybridized carbons (Fsp3) is 0.643. The van der Waals surface area contributed by atoms with Gasteiger partial charge < -0.3 is 10.0 Å². The largest absolute Gasteiger partial charge is 0.391 e. The summed E-state index contributed by atoms with van der Waals surface area (Å²) in [6.45, 7) is 4.92. The smallest absolute Gasteiger partial charge is 0.255 e. The number of aryl methyl sites for hydroxylation is 2. The molecular weight excluding hydrogens is 242 g/mol. The van der Waals surface area contributed by atoms with E-state index in [9.17, 15) is 9.90 Å². The molecular formula is C14H19N3O2. The minimum atomic E-state index is -0.364. The van der Waals surface area contributed by atoms with E-state index >= 15 is 0 Å². The van der Waals surface area contributed by atoms with Gasteiger partial charge in [0.1, 0.15) is 0 Å². The Morgan fingerprint density at radius 1 is 1.53 bits per heavy atom. The summed E-state index contributed by atoms with van der Waals surface area (Å²) in [6.07, 6.45) is 2.47. The van der Waals surface area contributed by atoms with Crippen molar-refractivity contribution in [1.82, 2.24) is 15.1 Å². The molecule has 1 aromatic heterocycles. The summed E-state index contributed by atoms with van der Waals surface area (Å²) in [5.41, 5.74) is 2.11. The molecule has 0 bridgehead atoms. The second-order valence-electron chi connectivity index (χ2n) is 5.75. The minimum absolute atomic E-state index is 0.00237. The van der Waals surface area contributed by atoms with Crippen LogP contribution in [0.2, 0.25) is 0 Å². The number of rotatable bonds is 2. The Kier molecular flexibility index (Phi) is 2.82. The van der Waals surface area contributed by atoms with Crippen molar-refractivity contribution in [3.05, 3.63) is 23.0 Å². The Morgan fingerprint density at radius 2 is 2.26 bits per heavy atom. The third-order valence-corrected chi connectivity index (χ3v) is 4.41. The highest BCUT2D eigenvalue weighted by atomic mass is 16.3. The molecule has 2 heterocycles. The van der Waals surface area contributed by atoms with Crippen LogP contribution in [-0.2, 0) is 6.42 Å². The van der Waals surface area contributed by atoms with E-state index < -0.39 is 0 Å². The highest BCUT2D eigenvalue weighted by Crippen LogP contribution is 2.52. The molecule has 0 aromatic carbocycles. The maximum atomic E-state index is 12.5. The maximum Gasteiger partial charge on any atom is 0.255 e. The van der Waals surface area contributed by atoms with Gasteiger partial charge >= 0.3 is 0 Å². The average Bonchev–Trinajstić information content (AvgIpc) is 3.11. The van der Waals surface area contributed by atoms with Gasteiger partial charge in [-0.3, -0.25) is 4.79 Å². The molecule has 1 spiro atoms. The van der Waals surface area contributed by atoms with E-state index in [2.05, 4.69) is 10.2 Å². The normalized spacial score (nSPS) is 23.9. The van der Waals surface area contributed by atoms with E-state index in [1.807, 2.05) is 13.0 Å². The first-order valence-electron chi connectivity index (χ1n) is 6.86. The number of hydrogen-bond donors (Lipinski definition) is 1. The molecule has 5 heteroatoms. The van der Waals surface area contributed by atoms with E-state index in [1.165, 1.54) is 0 Å². The van der Waals surface area contributed by atoms with Gasteiger partial charge in [0.25, 0.3) is 5.91 Å². The molecule has 1 aromatic rings. The van der Waals surface area contributed by atoms with Crippen LogP contribution in [-0.4, -0.2) is 45.3 Å². The Hall–Kier alpha value is -1.49. The number of aliphatic hydroxyl groups excluding tert-OH is 1. The zero-order chi connectivity index (χ0) is 13.6. The summed E-state index contributed by atoms with van der Waals surface area (Å²) in [6, 6.07) is 1.83. The van der Waals surface area contributed by atoms with Crippen LogP contribution in [0.25, 0.3) is 0 Å². The highest BCUT2D eigenvalue weighted by molar-refractivity contribution is 5.95. The number of aromatic nitrogens is 2. The van der Waals surface area contributed by atoms with Gasteiger partial charge in [-0.05, 0) is 32.3 Å². The van der Waals surface area contributed by atoms with Crippen LogP contribution in [0.4, 0.5) is 0 Å². The lowest BCUT2D eigenvalue weighted by atomic mass is 10.0. The van der Waals surface area contributed by atoms with Crippen LogP contribution in [0, 0.1) is 12.3 Å². The summed E-state index contributed by atoms with van der Waals surface area (Å²) in [5.74, 6) is -0.0232. The molecule has 5 nitrogen and oxygen atoms in total. The number of hydrogen-bond acceptors (Lipinski definition) is 4. The van der Waals surface area contributed by atoms with Crippen LogP contribution >= 0.6 is 0 Å². The number of nitrogens with zero attached hydrogens (tertiary/aromatic N) is 3. The molecule has 1 amide bonds. The lowest BCUT2D eigenvalue weighted by Crippen LogP contribution is -2.30. The van der Waals surface area contributed by atoms with Crippen molar-refractivity contribution in [3.63, 3.8) is 0 Å². The van der Waals surface area contributed by atoms with Crippen LogP contribution in [0.3, 0.4) is 0 Å². The second-order valence-corrected chi connectivity index (χ2v) is 5.75. The van der Waals surface area contributed by atoms with Gasteiger partial charge in [-0.2, -0.15) is 10.2 Å². The third-order valence-electron chi connectivity index (χ3n) is 4.41. The van der Waals surface area contributed by atoms with Crippen LogP contribution in [0.5, 0.6) is 0 Å². The van der Waals surface area contributed by atoms with Gasteiger partial charge in [0.15, 0.2) is 0 Å². The quantitative estimate of drug-likeness (QED) is 0.860. The highest BCUT2D eigenvalue weighted by Gasteiger charge is 2.55. The standard InChI is InChI=1S/C14H19N3O2/c1-3-10-6-11(9(2)15-16-10)13(19)17-7-12(18)14(8-17)4-5-14/h6,12,18H,3-5,7-8H2,1-2H3. The summed E-state index contributed by atoms with van der Waals surface area (Å²) in [4.78, 5) is 14.3. The summed E-state index contributed by atoms with van der Waals surface area (Å²) in [5, 5.41) is 18.1. The number of carbonyl (C=O) groups is 1. The Labute approximate surface area is 112 Å². The lowest BCUT2D eigenvalue weighted by molar-refractivity contribution is 0.0763. The number of amides is 1. The molecule has 1 N–H and O–H groups in total. The zero-order valence-electron chi connectivity index (χ0n) is 11.4. The molecule has 1 unspecified atom stereocenters. The van der Waals surface area contributed by atoms with Gasteiger partial charge in [-0.25, -0.2) is 0 Å². The molecule has 1 aliphatic carbocycles. The van der Waals surface area contributed by atoms with Crippen molar-refractivity contribution in [1.29, 1.82) is 0 Å². The van der Waals surface area contributed by atoms with Crippen LogP contribution in [0.15, 0.2) is 6.07 Å². The molecule has 1 atom stereocenters. The molecule has 0 radical (unpaired) electrons. The summed E-state index contributed by atoms with van der Waals surface area (Å²) in [7, 11) is 0. The van der Waals surface area contributed by atoms with Crippen molar-refractivity contribution in [2.75, 3.05) is 13.1 Å². The number of aliphatic hydroxyl groups is 1. The van der Waals surface area contributed by atoms with Gasteiger partial charge in [-0.1, -0.05) is 6.92 Å². The molecule has 1 aliphatic heterocycles. The fourth-order valence-electron chi connectivity index (χ4n) is 2.81. The lowest BCUT2D eigenvalue weighted by Gasteiger charge is -2.17. The first-order valence-corrected chi connectivity index (χ1v) is 6.86. The van der Waals surface area contributed by atoms with Gasteiger partial charge in [0.05, 0.1) is 23.1 Å². The van der Waals surface area contributed by atoms with Crippen molar-refractivity contribution >= 4 is 5.91 Å². The maximum absolute atomic E-state index is 12.5. The molecule has 2 fully saturated rings. The molecule has 1 saturated heterocycles. The topological polar surface area (TPSA) is 66.3 Å². The van der Waals surface area contributed by atoms with E-state index in [0.717, 1.165) is 25.0 Å². The van der Waals surface area contributed by atoms with Gasteiger partial charge in [0.2, 0.25) is 0 Å². The van der Waals surface area contributed by atoms with E-state index in [1.54, 1.807) is 11.8 Å². The van der Waals surface area contributed by atoms with E-state index in [4.69, 9.17) is 0 Å². The van der Waals surface area contributed by atoms with Crippen molar-refractivity contribution < 1.29 is 9.90 Å². The van der Waals surface area contributed by atoms with E-state index in [0.29, 0.717) is 24.3 Å². The number of likely N-dealkylation sites (tertiary alicyclic amines) is 1. The van der Waals surface area contributed by atoms with Crippen molar-refractivity contribution in [3.8, 4) is 0 Å². The first-order chi connectivity index (χ1) is 9.05. The van der Waals surface area contributed by atoms with Gasteiger partial charge in [-0.15, -0.1) is 0 Å². The van der Waals surface area contributed by atoms with Crippen LogP contribution < -0.4 is 0 Å².